The molecule has 0 fully saturated rings. The van der Waals surface area contributed by atoms with Crippen molar-refractivity contribution in [2.75, 3.05) is 21.3 Å². The van der Waals surface area contributed by atoms with Crippen LogP contribution in [-0.2, 0) is 11.2 Å². The average Bonchev–Trinajstić information content (AvgIpc) is 2.56. The largest absolute Gasteiger partial charge is 0.493 e. The molecule has 0 aromatic heterocycles. The molecule has 2 rings (SSSR count). The van der Waals surface area contributed by atoms with E-state index in [0.29, 0.717) is 28.6 Å². The van der Waals surface area contributed by atoms with Crippen molar-refractivity contribution in [2.45, 2.75) is 13.3 Å². The number of carbonyl (C=O) groups is 1. The predicted octanol–water partition coefficient (Wildman–Crippen LogP) is 3.93. The van der Waals surface area contributed by atoms with Gasteiger partial charge in [0.1, 0.15) is 5.75 Å². The minimum absolute atomic E-state index is 0.0804. The lowest BCUT2D eigenvalue weighted by molar-refractivity contribution is -0.133. The Labute approximate surface area is 149 Å². The molecule has 5 nitrogen and oxygen atoms in total. The Bertz CT molecular complexity index is 717. The first-order valence-electron chi connectivity index (χ1n) is 7.24. The van der Waals surface area contributed by atoms with Gasteiger partial charge in [0.25, 0.3) is 0 Å². The van der Waals surface area contributed by atoms with E-state index in [1.54, 1.807) is 18.2 Å². The van der Waals surface area contributed by atoms with E-state index in [0.717, 1.165) is 10.0 Å². The maximum Gasteiger partial charge on any atom is 0.315 e. The summed E-state index contributed by atoms with van der Waals surface area (Å²) < 4.78 is 22.0. The lowest BCUT2D eigenvalue weighted by atomic mass is 10.1. The molecule has 0 spiro atoms. The number of hydrogen-bond donors (Lipinski definition) is 0. The highest BCUT2D eigenvalue weighted by Gasteiger charge is 2.16. The summed E-state index contributed by atoms with van der Waals surface area (Å²) in [5, 5.41) is 0. The smallest absolute Gasteiger partial charge is 0.315 e. The van der Waals surface area contributed by atoms with E-state index >= 15 is 0 Å². The number of methoxy groups -OCH3 is 3. The van der Waals surface area contributed by atoms with Crippen molar-refractivity contribution < 1.29 is 23.7 Å². The maximum absolute atomic E-state index is 12.2. The number of hydrogen-bond acceptors (Lipinski definition) is 5. The Morgan fingerprint density at radius 2 is 1.58 bits per heavy atom. The zero-order valence-electron chi connectivity index (χ0n) is 14.0. The van der Waals surface area contributed by atoms with Crippen molar-refractivity contribution in [3.8, 4) is 23.0 Å². The summed E-state index contributed by atoms with van der Waals surface area (Å²) in [7, 11) is 4.59. The van der Waals surface area contributed by atoms with Crippen LogP contribution < -0.4 is 18.9 Å². The first kappa shape index (κ1) is 18.1. The molecule has 0 atom stereocenters. The van der Waals surface area contributed by atoms with Crippen LogP contribution in [0.5, 0.6) is 23.0 Å². The summed E-state index contributed by atoms with van der Waals surface area (Å²) >= 11 is 3.39. The van der Waals surface area contributed by atoms with Crippen LogP contribution in [0.2, 0.25) is 0 Å². The maximum atomic E-state index is 12.2. The molecule has 0 amide bonds. The molecule has 0 saturated carbocycles. The third-order valence-corrected chi connectivity index (χ3v) is 4.00. The van der Waals surface area contributed by atoms with Gasteiger partial charge < -0.3 is 18.9 Å². The molecule has 0 heterocycles. The van der Waals surface area contributed by atoms with Crippen LogP contribution in [0, 0.1) is 6.92 Å². The lowest BCUT2D eigenvalue weighted by Crippen LogP contribution is -2.12. The van der Waals surface area contributed by atoms with Gasteiger partial charge in [-0.2, -0.15) is 0 Å². The van der Waals surface area contributed by atoms with Gasteiger partial charge in [-0.05, 0) is 58.2 Å². The molecule has 128 valence electrons. The molecule has 2 aromatic rings. The Balaban J connectivity index is 2.19. The van der Waals surface area contributed by atoms with Crippen LogP contribution in [0.4, 0.5) is 0 Å². The third-order valence-electron chi connectivity index (χ3n) is 3.38. The number of aryl methyl sites for hydroxylation is 1. The fourth-order valence-electron chi connectivity index (χ4n) is 2.25. The van der Waals surface area contributed by atoms with E-state index in [1.165, 1.54) is 21.3 Å². The van der Waals surface area contributed by atoms with Gasteiger partial charge in [0.05, 0.1) is 32.2 Å². The molecule has 0 bridgehead atoms. The van der Waals surface area contributed by atoms with Crippen molar-refractivity contribution in [1.82, 2.24) is 0 Å². The summed E-state index contributed by atoms with van der Waals surface area (Å²) in [6.07, 6.45) is 0.0804. The van der Waals surface area contributed by atoms with Crippen LogP contribution in [0.3, 0.4) is 0 Å². The van der Waals surface area contributed by atoms with Crippen molar-refractivity contribution in [3.63, 3.8) is 0 Å². The van der Waals surface area contributed by atoms with Crippen LogP contribution in [-0.4, -0.2) is 27.3 Å². The van der Waals surface area contributed by atoms with Crippen LogP contribution in [0.25, 0.3) is 0 Å². The second kappa shape index (κ2) is 8.06. The number of carbonyl (C=O) groups excluding carboxylic acids is 1. The van der Waals surface area contributed by atoms with Gasteiger partial charge in [-0.1, -0.05) is 6.07 Å². The van der Waals surface area contributed by atoms with Gasteiger partial charge in [-0.25, -0.2) is 0 Å². The van der Waals surface area contributed by atoms with Crippen LogP contribution in [0.1, 0.15) is 11.1 Å². The van der Waals surface area contributed by atoms with Crippen LogP contribution >= 0.6 is 15.9 Å². The van der Waals surface area contributed by atoms with E-state index in [4.69, 9.17) is 18.9 Å². The van der Waals surface area contributed by atoms with Gasteiger partial charge in [-0.15, -0.1) is 0 Å². The summed E-state index contributed by atoms with van der Waals surface area (Å²) in [5.74, 6) is 1.58. The number of benzene rings is 2. The SMILES string of the molecule is COc1cc(CC(=O)Oc2ccc(C)cc2Br)cc(OC)c1OC. The van der Waals surface area contributed by atoms with Crippen molar-refractivity contribution in [2.24, 2.45) is 0 Å². The summed E-state index contributed by atoms with van der Waals surface area (Å²) in [6.45, 7) is 1.96. The van der Waals surface area contributed by atoms with Gasteiger partial charge in [0, 0.05) is 0 Å². The standard InChI is InChI=1S/C18H19BrO5/c1-11-5-6-14(13(19)7-11)24-17(20)10-12-8-15(21-2)18(23-4)16(9-12)22-3/h5-9H,10H2,1-4H3. The molecule has 0 unspecified atom stereocenters. The predicted molar refractivity (Wildman–Crippen MR) is 94.3 cm³/mol. The zero-order chi connectivity index (χ0) is 17.7. The highest BCUT2D eigenvalue weighted by Crippen LogP contribution is 2.38. The van der Waals surface area contributed by atoms with Crippen molar-refractivity contribution in [3.05, 3.63) is 45.9 Å². The van der Waals surface area contributed by atoms with E-state index in [2.05, 4.69) is 15.9 Å². The van der Waals surface area contributed by atoms with E-state index < -0.39 is 0 Å². The van der Waals surface area contributed by atoms with Crippen molar-refractivity contribution in [1.29, 1.82) is 0 Å². The van der Waals surface area contributed by atoms with Gasteiger partial charge in [-0.3, -0.25) is 4.79 Å². The van der Waals surface area contributed by atoms with Crippen molar-refractivity contribution >= 4 is 21.9 Å². The molecule has 24 heavy (non-hydrogen) atoms. The summed E-state index contributed by atoms with van der Waals surface area (Å²) in [6, 6.07) is 8.99. The quantitative estimate of drug-likeness (QED) is 0.548. The molecule has 0 radical (unpaired) electrons. The highest BCUT2D eigenvalue weighted by atomic mass is 79.9. The first-order valence-corrected chi connectivity index (χ1v) is 8.03. The Morgan fingerprint density at radius 3 is 2.08 bits per heavy atom. The second-order valence-electron chi connectivity index (χ2n) is 5.12. The molecule has 0 aliphatic heterocycles. The zero-order valence-corrected chi connectivity index (χ0v) is 15.6. The van der Waals surface area contributed by atoms with Crippen LogP contribution in [0.15, 0.2) is 34.8 Å². The third kappa shape index (κ3) is 4.20. The first-order chi connectivity index (χ1) is 11.5. The average molecular weight is 395 g/mol. The molecule has 6 heteroatoms. The molecule has 0 N–H and O–H groups in total. The normalized spacial score (nSPS) is 10.2. The Morgan fingerprint density at radius 1 is 0.958 bits per heavy atom. The summed E-state index contributed by atoms with van der Waals surface area (Å²) in [5.41, 5.74) is 1.78. The topological polar surface area (TPSA) is 54.0 Å². The molecular weight excluding hydrogens is 376 g/mol. The minimum atomic E-state index is -0.381. The fraction of sp³-hybridized carbons (Fsp3) is 0.278. The molecule has 0 aliphatic carbocycles. The molecule has 0 saturated heterocycles. The fourth-order valence-corrected chi connectivity index (χ4v) is 2.83. The lowest BCUT2D eigenvalue weighted by Gasteiger charge is -2.14. The number of halogens is 1. The van der Waals surface area contributed by atoms with Gasteiger partial charge in [0.2, 0.25) is 5.75 Å². The Hall–Kier alpha value is -2.21. The summed E-state index contributed by atoms with van der Waals surface area (Å²) in [4.78, 5) is 12.2. The van der Waals surface area contributed by atoms with E-state index in [9.17, 15) is 4.79 Å². The molecule has 2 aromatic carbocycles. The second-order valence-corrected chi connectivity index (χ2v) is 5.97. The molecule has 0 aliphatic rings. The molecular formula is C18H19BrO5. The Kier molecular flexibility index (Phi) is 6.09. The number of esters is 1. The van der Waals surface area contributed by atoms with Gasteiger partial charge in [0.15, 0.2) is 11.5 Å². The van der Waals surface area contributed by atoms with E-state index in [-0.39, 0.29) is 12.4 Å². The number of rotatable bonds is 6. The highest BCUT2D eigenvalue weighted by molar-refractivity contribution is 9.10. The van der Waals surface area contributed by atoms with Gasteiger partial charge >= 0.3 is 5.97 Å². The minimum Gasteiger partial charge on any atom is -0.493 e. The number of ether oxygens (including phenoxy) is 4. The van der Waals surface area contributed by atoms with E-state index in [1.807, 2.05) is 19.1 Å². The monoisotopic (exact) mass is 394 g/mol.